The third-order valence-corrected chi connectivity index (χ3v) is 6.94. The van der Waals surface area contributed by atoms with E-state index in [-0.39, 0.29) is 14.1 Å². The molecule has 6 nitrogen and oxygen atoms in total. The quantitative estimate of drug-likeness (QED) is 0.724. The normalized spacial score (nSPS) is 12.6. The van der Waals surface area contributed by atoms with Gasteiger partial charge in [0.05, 0.1) is 20.0 Å². The summed E-state index contributed by atoms with van der Waals surface area (Å²) in [6.45, 7) is 0. The van der Waals surface area contributed by atoms with Crippen molar-refractivity contribution >= 4 is 41.5 Å². The van der Waals surface area contributed by atoms with Gasteiger partial charge < -0.3 is 0 Å². The summed E-state index contributed by atoms with van der Waals surface area (Å²) in [5.74, 6) is 0. The lowest BCUT2D eigenvalue weighted by molar-refractivity contribution is 0.483. The molecule has 0 spiro atoms. The van der Waals surface area contributed by atoms with Crippen LogP contribution in [-0.4, -0.2) is 26.4 Å². The van der Waals surface area contributed by atoms with Gasteiger partial charge in [-0.1, -0.05) is 18.2 Å². The molecule has 0 fully saturated rings. The molecule has 0 radical (unpaired) electrons. The van der Waals surface area contributed by atoms with E-state index in [1.54, 1.807) is 18.2 Å². The Hall–Kier alpha value is -1.81. The van der Waals surface area contributed by atoms with E-state index in [0.717, 1.165) is 11.3 Å². The fourth-order valence-corrected chi connectivity index (χ4v) is 5.11. The summed E-state index contributed by atoms with van der Waals surface area (Å²) < 4.78 is 56.5. The molecule has 1 aromatic heterocycles. The van der Waals surface area contributed by atoms with E-state index in [1.807, 2.05) is 0 Å². The summed E-state index contributed by atoms with van der Waals surface area (Å²) in [6, 6.07) is 11.6. The first-order chi connectivity index (χ1) is 10.3. The van der Waals surface area contributed by atoms with Crippen LogP contribution in [0.15, 0.2) is 62.7 Å². The molecule has 0 unspecified atom stereocenters. The Kier molecular flexibility index (Phi) is 3.52. The zero-order valence-electron chi connectivity index (χ0n) is 10.9. The van der Waals surface area contributed by atoms with Gasteiger partial charge in [0.2, 0.25) is 14.2 Å². The Morgan fingerprint density at radius 2 is 1.59 bits per heavy atom. The minimum absolute atomic E-state index is 0.115. The van der Waals surface area contributed by atoms with Crippen molar-refractivity contribution in [2.45, 2.75) is 14.1 Å². The molecule has 0 saturated carbocycles. The van der Waals surface area contributed by atoms with Crippen LogP contribution in [0.1, 0.15) is 0 Å². The maximum atomic E-state index is 12.5. The van der Waals surface area contributed by atoms with E-state index < -0.39 is 20.0 Å². The molecule has 3 rings (SSSR count). The van der Waals surface area contributed by atoms with Crippen molar-refractivity contribution in [2.75, 3.05) is 0 Å². The SMILES string of the molecule is O=S(=O)(O)c1ccc2nc(S(=O)(=O)c3ccccc3)sc2c1. The van der Waals surface area contributed by atoms with Crippen LogP contribution >= 0.6 is 11.3 Å². The molecule has 22 heavy (non-hydrogen) atoms. The lowest BCUT2D eigenvalue weighted by Crippen LogP contribution is -2.00. The first kappa shape index (κ1) is 15.1. The minimum Gasteiger partial charge on any atom is -0.282 e. The second-order valence-corrected chi connectivity index (χ2v) is 8.98. The van der Waals surface area contributed by atoms with Crippen LogP contribution in [0.5, 0.6) is 0 Å². The number of thiazole rings is 1. The average molecular weight is 355 g/mol. The summed E-state index contributed by atoms with van der Waals surface area (Å²) in [4.78, 5) is 3.85. The van der Waals surface area contributed by atoms with E-state index in [2.05, 4.69) is 4.98 Å². The van der Waals surface area contributed by atoms with Gasteiger partial charge in [-0.2, -0.15) is 8.42 Å². The Morgan fingerprint density at radius 1 is 0.909 bits per heavy atom. The van der Waals surface area contributed by atoms with Gasteiger partial charge in [0.25, 0.3) is 10.1 Å². The largest absolute Gasteiger partial charge is 0.294 e. The lowest BCUT2D eigenvalue weighted by atomic mass is 10.3. The first-order valence-corrected chi connectivity index (χ1v) is 9.71. The molecule has 114 valence electrons. The number of sulfone groups is 1. The smallest absolute Gasteiger partial charge is 0.282 e. The molecule has 0 amide bonds. The van der Waals surface area contributed by atoms with Crippen molar-refractivity contribution in [3.05, 3.63) is 48.5 Å². The molecule has 0 aliphatic heterocycles. The topological polar surface area (TPSA) is 101 Å². The predicted molar refractivity (Wildman–Crippen MR) is 81.3 cm³/mol. The van der Waals surface area contributed by atoms with Crippen molar-refractivity contribution in [3.8, 4) is 0 Å². The molecule has 0 saturated heterocycles. The van der Waals surface area contributed by atoms with Gasteiger partial charge in [-0.15, -0.1) is 11.3 Å². The van der Waals surface area contributed by atoms with Gasteiger partial charge >= 0.3 is 0 Å². The minimum atomic E-state index is -4.34. The van der Waals surface area contributed by atoms with Gasteiger partial charge in [0.1, 0.15) is 0 Å². The fourth-order valence-electron chi connectivity index (χ4n) is 1.86. The van der Waals surface area contributed by atoms with Crippen molar-refractivity contribution in [1.29, 1.82) is 0 Å². The van der Waals surface area contributed by atoms with E-state index in [0.29, 0.717) is 10.2 Å². The fraction of sp³-hybridized carbons (Fsp3) is 0. The Labute approximate surface area is 130 Å². The van der Waals surface area contributed by atoms with Gasteiger partial charge in [-0.3, -0.25) is 4.55 Å². The third-order valence-electron chi connectivity index (χ3n) is 2.92. The zero-order valence-corrected chi connectivity index (χ0v) is 13.3. The highest BCUT2D eigenvalue weighted by Gasteiger charge is 2.22. The molecule has 0 aliphatic rings. The lowest BCUT2D eigenvalue weighted by Gasteiger charge is -1.98. The van der Waals surface area contributed by atoms with Crippen LogP contribution in [0.25, 0.3) is 10.2 Å². The van der Waals surface area contributed by atoms with E-state index in [9.17, 15) is 16.8 Å². The standard InChI is InChI=1S/C13H9NO5S3/c15-21(16,9-4-2-1-3-5-9)13-14-11-7-6-10(22(17,18)19)8-12(11)20-13/h1-8H,(H,17,18,19). The molecule has 1 heterocycles. The highest BCUT2D eigenvalue weighted by molar-refractivity contribution is 7.93. The maximum absolute atomic E-state index is 12.5. The van der Waals surface area contributed by atoms with Crippen molar-refractivity contribution < 1.29 is 21.4 Å². The molecule has 0 bridgehead atoms. The molecule has 3 aromatic rings. The number of nitrogens with zero attached hydrogens (tertiary/aromatic N) is 1. The van der Waals surface area contributed by atoms with Gasteiger partial charge in [-0.05, 0) is 30.3 Å². The van der Waals surface area contributed by atoms with Crippen LogP contribution < -0.4 is 0 Å². The van der Waals surface area contributed by atoms with Crippen molar-refractivity contribution in [2.24, 2.45) is 0 Å². The number of aromatic nitrogens is 1. The van der Waals surface area contributed by atoms with Crippen LogP contribution in [0.3, 0.4) is 0 Å². The molecule has 9 heteroatoms. The number of hydrogen-bond acceptors (Lipinski definition) is 6. The maximum Gasteiger partial charge on any atom is 0.294 e. The second kappa shape index (κ2) is 5.13. The first-order valence-electron chi connectivity index (χ1n) is 5.97. The summed E-state index contributed by atoms with van der Waals surface area (Å²) in [5.41, 5.74) is 0.354. The molecule has 0 aliphatic carbocycles. The Bertz CT molecular complexity index is 1050. The molecular formula is C13H9NO5S3. The number of fused-ring (bicyclic) bond motifs is 1. The number of hydrogen-bond donors (Lipinski definition) is 1. The van der Waals surface area contributed by atoms with E-state index in [1.165, 1.54) is 30.3 Å². The van der Waals surface area contributed by atoms with Gasteiger partial charge in [0, 0.05) is 0 Å². The third kappa shape index (κ3) is 2.63. The molecule has 1 N–H and O–H groups in total. The number of rotatable bonds is 3. The van der Waals surface area contributed by atoms with Gasteiger partial charge in [-0.25, -0.2) is 13.4 Å². The summed E-state index contributed by atoms with van der Waals surface area (Å²) >= 11 is 0.855. The summed E-state index contributed by atoms with van der Waals surface area (Å²) in [6.07, 6.45) is 0. The average Bonchev–Trinajstić information content (AvgIpc) is 2.91. The second-order valence-electron chi connectivity index (χ2n) is 4.40. The van der Waals surface area contributed by atoms with Gasteiger partial charge in [0.15, 0.2) is 0 Å². The van der Waals surface area contributed by atoms with Crippen LogP contribution in [0, 0.1) is 0 Å². The summed E-state index contributed by atoms with van der Waals surface area (Å²) in [7, 11) is -8.10. The van der Waals surface area contributed by atoms with Crippen molar-refractivity contribution in [1.82, 2.24) is 4.98 Å². The zero-order chi connectivity index (χ0) is 16.0. The predicted octanol–water partition coefficient (Wildman–Crippen LogP) is 2.38. The van der Waals surface area contributed by atoms with Crippen molar-refractivity contribution in [3.63, 3.8) is 0 Å². The molecular weight excluding hydrogens is 346 g/mol. The van der Waals surface area contributed by atoms with E-state index in [4.69, 9.17) is 4.55 Å². The Morgan fingerprint density at radius 3 is 2.23 bits per heavy atom. The Balaban J connectivity index is 2.18. The molecule has 2 aromatic carbocycles. The van der Waals surface area contributed by atoms with E-state index >= 15 is 0 Å². The van der Waals surface area contributed by atoms with Crippen LogP contribution in [-0.2, 0) is 20.0 Å². The highest BCUT2D eigenvalue weighted by atomic mass is 32.2. The molecule has 0 atom stereocenters. The highest BCUT2D eigenvalue weighted by Crippen LogP contribution is 2.30. The summed E-state index contributed by atoms with van der Waals surface area (Å²) in [5, 5.41) is 0. The monoisotopic (exact) mass is 355 g/mol. The van der Waals surface area contributed by atoms with Crippen LogP contribution in [0.4, 0.5) is 0 Å². The van der Waals surface area contributed by atoms with Crippen LogP contribution in [0.2, 0.25) is 0 Å². The number of benzene rings is 2.